The molecule has 2 amide bonds. The maximum Gasteiger partial charge on any atom is 0.337 e. The van der Waals surface area contributed by atoms with E-state index in [1.54, 1.807) is 17.9 Å². The lowest BCUT2D eigenvalue weighted by Crippen LogP contribution is -2.42. The van der Waals surface area contributed by atoms with E-state index in [4.69, 9.17) is 5.84 Å². The third-order valence-corrected chi connectivity index (χ3v) is 4.26. The number of para-hydroxylation sites is 1. The van der Waals surface area contributed by atoms with E-state index in [0.717, 1.165) is 16.5 Å². The molecule has 0 saturated heterocycles. The van der Waals surface area contributed by atoms with Crippen molar-refractivity contribution in [3.63, 3.8) is 0 Å². The van der Waals surface area contributed by atoms with Crippen LogP contribution in [0.2, 0.25) is 0 Å². The highest BCUT2D eigenvalue weighted by Gasteiger charge is 2.34. The van der Waals surface area contributed by atoms with Crippen molar-refractivity contribution in [1.29, 1.82) is 0 Å². The molecule has 0 aliphatic carbocycles. The second kappa shape index (κ2) is 5.55. The van der Waals surface area contributed by atoms with Crippen molar-refractivity contribution >= 4 is 35.0 Å². The van der Waals surface area contributed by atoms with Crippen LogP contribution in [0, 0.1) is 0 Å². The number of urea groups is 1. The van der Waals surface area contributed by atoms with Gasteiger partial charge in [0.05, 0.1) is 5.52 Å². The number of carbonyl (C=O) groups is 1. The van der Waals surface area contributed by atoms with Crippen molar-refractivity contribution in [3.05, 3.63) is 53.2 Å². The summed E-state index contributed by atoms with van der Waals surface area (Å²) in [5.41, 5.74) is 3.83. The summed E-state index contributed by atoms with van der Waals surface area (Å²) in [6.07, 6.45) is 3.45. The molecule has 1 unspecified atom stereocenters. The van der Waals surface area contributed by atoms with Gasteiger partial charge in [-0.3, -0.25) is 20.1 Å². The minimum atomic E-state index is -0.562. The number of thioether (sulfide) groups is 1. The first-order valence-electron chi connectivity index (χ1n) is 6.13. The normalized spacial score (nSPS) is 17.7. The molecule has 0 spiro atoms. The maximum absolute atomic E-state index is 11.9. The van der Waals surface area contributed by atoms with Gasteiger partial charge in [0, 0.05) is 22.6 Å². The molecule has 2 aromatic rings. The van der Waals surface area contributed by atoms with E-state index in [-0.39, 0.29) is 5.70 Å². The fourth-order valence-electron chi connectivity index (χ4n) is 2.27. The van der Waals surface area contributed by atoms with E-state index in [1.165, 1.54) is 16.7 Å². The zero-order chi connectivity index (χ0) is 14.8. The zero-order valence-corrected chi connectivity index (χ0v) is 11.6. The number of nitrogens with one attached hydrogen (secondary N) is 1. The molecule has 0 fully saturated rings. The molecule has 3 N–H and O–H groups in total. The summed E-state index contributed by atoms with van der Waals surface area (Å²) >= 11 is 1.34. The topological polar surface area (TPSA) is 88.3 Å². The largest absolute Gasteiger partial charge is 0.337 e. The highest BCUT2D eigenvalue weighted by atomic mass is 32.2. The fraction of sp³-hybridized carbons (Fsp3) is 0.0714. The molecule has 21 heavy (non-hydrogen) atoms. The Morgan fingerprint density at radius 2 is 2.19 bits per heavy atom. The molecule has 7 heteroatoms. The highest BCUT2D eigenvalue weighted by Crippen LogP contribution is 2.43. The molecule has 1 aromatic heterocycles. The van der Waals surface area contributed by atoms with Crippen LogP contribution in [-0.4, -0.2) is 22.2 Å². The Hall–Kier alpha value is -2.38. The minimum Gasteiger partial charge on any atom is -0.283 e. The number of nitrogens with zero attached hydrogens (tertiary/aromatic N) is 2. The number of allylic oxidation sites excluding steroid dienone is 1. The summed E-state index contributed by atoms with van der Waals surface area (Å²) in [4.78, 5) is 28.6. The average Bonchev–Trinajstić information content (AvgIpc) is 2.97. The second-order valence-corrected chi connectivity index (χ2v) is 5.29. The van der Waals surface area contributed by atoms with Crippen LogP contribution in [0.25, 0.3) is 10.9 Å². The second-order valence-electron chi connectivity index (χ2n) is 4.34. The van der Waals surface area contributed by atoms with Gasteiger partial charge in [-0.05, 0) is 6.07 Å². The summed E-state index contributed by atoms with van der Waals surface area (Å²) in [7, 11) is 0. The van der Waals surface area contributed by atoms with Crippen molar-refractivity contribution in [1.82, 2.24) is 15.3 Å². The Labute approximate surface area is 125 Å². The fourth-order valence-corrected chi connectivity index (χ4v) is 3.36. The van der Waals surface area contributed by atoms with E-state index in [2.05, 4.69) is 10.4 Å². The molecule has 1 aromatic carbocycles. The molecule has 1 aliphatic heterocycles. The average molecular weight is 299 g/mol. The summed E-state index contributed by atoms with van der Waals surface area (Å²) in [6, 6.07) is 8.94. The molecular formula is C14H11N4O2S. The van der Waals surface area contributed by atoms with E-state index in [1.807, 2.05) is 30.3 Å². The summed E-state index contributed by atoms with van der Waals surface area (Å²) in [5.74, 6) is 5.20. The maximum atomic E-state index is 11.9. The summed E-state index contributed by atoms with van der Waals surface area (Å²) in [6.45, 7) is 0. The van der Waals surface area contributed by atoms with Gasteiger partial charge in [0.1, 0.15) is 11.1 Å². The van der Waals surface area contributed by atoms with Crippen molar-refractivity contribution in [2.45, 2.75) is 5.37 Å². The van der Waals surface area contributed by atoms with Crippen molar-refractivity contribution in [2.75, 3.05) is 0 Å². The van der Waals surface area contributed by atoms with Crippen molar-refractivity contribution < 1.29 is 9.59 Å². The smallest absolute Gasteiger partial charge is 0.283 e. The number of amides is 2. The Morgan fingerprint density at radius 1 is 1.38 bits per heavy atom. The molecule has 2 heterocycles. The van der Waals surface area contributed by atoms with Gasteiger partial charge in [-0.25, -0.2) is 10.6 Å². The van der Waals surface area contributed by atoms with Crippen LogP contribution in [0.3, 0.4) is 0 Å². The van der Waals surface area contributed by atoms with Gasteiger partial charge in [0.25, 0.3) is 6.29 Å². The van der Waals surface area contributed by atoms with Crippen LogP contribution >= 0.6 is 11.8 Å². The predicted octanol–water partition coefficient (Wildman–Crippen LogP) is 1.82. The number of benzene rings is 1. The number of nitrogens with two attached hydrogens (primary N) is 1. The molecule has 6 nitrogen and oxygen atoms in total. The SMILES string of the molecule is NNC(=O)N1C([C]=O)=CSC1c1cccc2cccnc12. The van der Waals surface area contributed by atoms with Gasteiger partial charge in [0.2, 0.25) is 0 Å². The summed E-state index contributed by atoms with van der Waals surface area (Å²) in [5, 5.41) is 2.16. The first-order chi connectivity index (χ1) is 10.3. The van der Waals surface area contributed by atoms with Crippen LogP contribution < -0.4 is 11.3 Å². The zero-order valence-electron chi connectivity index (χ0n) is 10.8. The number of hydrogen-bond donors (Lipinski definition) is 2. The Kier molecular flexibility index (Phi) is 3.59. The van der Waals surface area contributed by atoms with Gasteiger partial charge >= 0.3 is 6.03 Å². The number of hydrogen-bond acceptors (Lipinski definition) is 5. The summed E-state index contributed by atoms with van der Waals surface area (Å²) < 4.78 is 0. The van der Waals surface area contributed by atoms with Gasteiger partial charge in [-0.1, -0.05) is 24.3 Å². The first kappa shape index (κ1) is 13.6. The van der Waals surface area contributed by atoms with Crippen LogP contribution in [0.5, 0.6) is 0 Å². The third kappa shape index (κ3) is 2.26. The number of pyridine rings is 1. The molecular weight excluding hydrogens is 288 g/mol. The van der Waals surface area contributed by atoms with Crippen LogP contribution in [0.15, 0.2) is 47.6 Å². The van der Waals surface area contributed by atoms with Crippen molar-refractivity contribution in [3.8, 4) is 0 Å². The number of fused-ring (bicyclic) bond motifs is 1. The van der Waals surface area contributed by atoms with Gasteiger partial charge < -0.3 is 0 Å². The Balaban J connectivity index is 2.10. The molecule has 3 rings (SSSR count). The van der Waals surface area contributed by atoms with Crippen LogP contribution in [-0.2, 0) is 4.79 Å². The van der Waals surface area contributed by atoms with Gasteiger partial charge in [-0.2, -0.15) is 0 Å². The van der Waals surface area contributed by atoms with Crippen molar-refractivity contribution in [2.24, 2.45) is 5.84 Å². The molecule has 1 atom stereocenters. The van der Waals surface area contributed by atoms with Crippen LogP contribution in [0.1, 0.15) is 10.9 Å². The monoisotopic (exact) mass is 299 g/mol. The Morgan fingerprint density at radius 3 is 2.95 bits per heavy atom. The third-order valence-electron chi connectivity index (χ3n) is 3.18. The Bertz CT molecular complexity index is 741. The minimum absolute atomic E-state index is 0.154. The van der Waals surface area contributed by atoms with E-state index < -0.39 is 11.4 Å². The highest BCUT2D eigenvalue weighted by molar-refractivity contribution is 8.02. The number of carbonyl (C=O) groups excluding carboxylic acids is 2. The van der Waals surface area contributed by atoms with E-state index in [9.17, 15) is 9.59 Å². The number of rotatable bonds is 2. The van der Waals surface area contributed by atoms with E-state index in [0.29, 0.717) is 0 Å². The standard InChI is InChI=1S/C14H11N4O2S/c15-17-14(20)18-10(7-19)8-21-13(18)11-5-1-3-9-4-2-6-16-12(9)11/h1-6,8,13H,15H2,(H,17,20). The van der Waals surface area contributed by atoms with Gasteiger partial charge in [0.15, 0.2) is 0 Å². The number of hydrazine groups is 1. The molecule has 0 saturated carbocycles. The molecule has 105 valence electrons. The predicted molar refractivity (Wildman–Crippen MR) is 80.4 cm³/mol. The first-order valence-corrected chi connectivity index (χ1v) is 7.08. The quantitative estimate of drug-likeness (QED) is 0.501. The lowest BCUT2D eigenvalue weighted by Gasteiger charge is -2.25. The van der Waals surface area contributed by atoms with E-state index >= 15 is 0 Å². The lowest BCUT2D eigenvalue weighted by molar-refractivity contribution is 0.211. The molecule has 1 radical (unpaired) electrons. The molecule has 0 bridgehead atoms. The van der Waals surface area contributed by atoms with Crippen LogP contribution in [0.4, 0.5) is 4.79 Å². The number of aromatic nitrogens is 1. The molecule has 1 aliphatic rings. The van der Waals surface area contributed by atoms with Gasteiger partial charge in [-0.15, -0.1) is 11.8 Å². The lowest BCUT2D eigenvalue weighted by atomic mass is 10.1.